The Morgan fingerprint density at radius 3 is 2.57 bits per heavy atom. The molecule has 2 rings (SSSR count). The number of nitrogens with two attached hydrogens (primary N) is 1. The van der Waals surface area contributed by atoms with Gasteiger partial charge in [0, 0.05) is 24.7 Å². The predicted octanol–water partition coefficient (Wildman–Crippen LogP) is 2.36. The zero-order valence-electron chi connectivity index (χ0n) is 14.0. The normalized spacial score (nSPS) is 12.9. The van der Waals surface area contributed by atoms with Gasteiger partial charge in [-0.2, -0.15) is 0 Å². The summed E-state index contributed by atoms with van der Waals surface area (Å²) >= 11 is 0. The summed E-state index contributed by atoms with van der Waals surface area (Å²) in [5, 5.41) is 0. The number of hydrogen-bond acceptors (Lipinski definition) is 4. The standard InChI is InChI=1S/C18H25N3O2/c1-18(2,3)14-6-4-13(5-7-14)8-9-23-17(22)16(19)10-15-11-20-12-21-15/h4-7,11-12,16H,8-10,19H2,1-3H3,(H,20,21)/t16-/m0/s1. The van der Waals surface area contributed by atoms with Crippen LogP contribution >= 0.6 is 0 Å². The zero-order chi connectivity index (χ0) is 16.9. The number of benzene rings is 1. The van der Waals surface area contributed by atoms with Gasteiger partial charge in [-0.25, -0.2) is 4.98 Å². The number of aromatic nitrogens is 2. The zero-order valence-corrected chi connectivity index (χ0v) is 14.0. The molecule has 0 fully saturated rings. The lowest BCUT2D eigenvalue weighted by atomic mass is 9.86. The Balaban J connectivity index is 1.77. The average Bonchev–Trinajstić information content (AvgIpc) is 2.99. The lowest BCUT2D eigenvalue weighted by Crippen LogP contribution is -2.34. The van der Waals surface area contributed by atoms with Crippen molar-refractivity contribution in [2.24, 2.45) is 5.73 Å². The van der Waals surface area contributed by atoms with E-state index in [-0.39, 0.29) is 11.4 Å². The summed E-state index contributed by atoms with van der Waals surface area (Å²) in [5.74, 6) is -0.383. The molecular formula is C18H25N3O2. The molecule has 0 spiro atoms. The van der Waals surface area contributed by atoms with Crippen molar-refractivity contribution in [2.45, 2.75) is 45.1 Å². The number of esters is 1. The van der Waals surface area contributed by atoms with E-state index < -0.39 is 6.04 Å². The molecule has 0 saturated carbocycles. The highest BCUT2D eigenvalue weighted by molar-refractivity contribution is 5.75. The molecule has 0 aliphatic carbocycles. The van der Waals surface area contributed by atoms with Crippen molar-refractivity contribution < 1.29 is 9.53 Å². The van der Waals surface area contributed by atoms with E-state index in [9.17, 15) is 4.79 Å². The van der Waals surface area contributed by atoms with Crippen molar-refractivity contribution in [2.75, 3.05) is 6.61 Å². The fourth-order valence-electron chi connectivity index (χ4n) is 2.26. The molecule has 5 nitrogen and oxygen atoms in total. The van der Waals surface area contributed by atoms with E-state index in [1.165, 1.54) is 5.56 Å². The lowest BCUT2D eigenvalue weighted by molar-refractivity contribution is -0.145. The molecule has 0 aliphatic heterocycles. The molecule has 3 N–H and O–H groups in total. The van der Waals surface area contributed by atoms with Crippen LogP contribution in [-0.4, -0.2) is 28.6 Å². The summed E-state index contributed by atoms with van der Waals surface area (Å²) in [7, 11) is 0. The van der Waals surface area contributed by atoms with Crippen LogP contribution in [-0.2, 0) is 27.8 Å². The van der Waals surface area contributed by atoms with Crippen molar-refractivity contribution in [1.82, 2.24) is 9.97 Å². The van der Waals surface area contributed by atoms with Crippen molar-refractivity contribution in [3.8, 4) is 0 Å². The Hall–Kier alpha value is -2.14. The number of imidazole rings is 1. The van der Waals surface area contributed by atoms with E-state index >= 15 is 0 Å². The molecule has 5 heteroatoms. The van der Waals surface area contributed by atoms with Crippen LogP contribution in [0, 0.1) is 0 Å². The first kappa shape index (κ1) is 17.2. The van der Waals surface area contributed by atoms with Crippen molar-refractivity contribution >= 4 is 5.97 Å². The summed E-state index contributed by atoms with van der Waals surface area (Å²) < 4.78 is 5.26. The smallest absolute Gasteiger partial charge is 0.323 e. The number of carbonyl (C=O) groups excluding carboxylic acids is 1. The van der Waals surface area contributed by atoms with E-state index in [0.29, 0.717) is 19.4 Å². The fraction of sp³-hybridized carbons (Fsp3) is 0.444. The summed E-state index contributed by atoms with van der Waals surface area (Å²) in [4.78, 5) is 18.7. The van der Waals surface area contributed by atoms with Gasteiger partial charge < -0.3 is 15.5 Å². The first-order valence-corrected chi connectivity index (χ1v) is 7.85. The summed E-state index contributed by atoms with van der Waals surface area (Å²) in [6, 6.07) is 7.75. The van der Waals surface area contributed by atoms with Gasteiger partial charge in [-0.1, -0.05) is 45.0 Å². The molecule has 1 heterocycles. The van der Waals surface area contributed by atoms with Crippen LogP contribution in [0.15, 0.2) is 36.8 Å². The number of nitrogens with one attached hydrogen (secondary N) is 1. The molecular weight excluding hydrogens is 290 g/mol. The molecule has 124 valence electrons. The van der Waals surface area contributed by atoms with Crippen molar-refractivity contribution in [3.63, 3.8) is 0 Å². The molecule has 0 radical (unpaired) electrons. The van der Waals surface area contributed by atoms with Gasteiger partial charge in [0.25, 0.3) is 0 Å². The van der Waals surface area contributed by atoms with Crippen LogP contribution in [0.25, 0.3) is 0 Å². The minimum atomic E-state index is -0.668. The summed E-state index contributed by atoms with van der Waals surface area (Å²) in [6.45, 7) is 6.89. The Kier molecular flexibility index (Phi) is 5.55. The second kappa shape index (κ2) is 7.42. The van der Waals surface area contributed by atoms with Crippen molar-refractivity contribution in [3.05, 3.63) is 53.6 Å². The van der Waals surface area contributed by atoms with Gasteiger partial charge in [-0.15, -0.1) is 0 Å². The van der Waals surface area contributed by atoms with E-state index in [2.05, 4.69) is 55.0 Å². The number of ether oxygens (including phenoxy) is 1. The summed E-state index contributed by atoms with van der Waals surface area (Å²) in [6.07, 6.45) is 4.31. The molecule has 0 aliphatic rings. The minimum absolute atomic E-state index is 0.143. The maximum Gasteiger partial charge on any atom is 0.323 e. The third kappa shape index (κ3) is 5.21. The number of nitrogens with zero attached hydrogens (tertiary/aromatic N) is 1. The lowest BCUT2D eigenvalue weighted by Gasteiger charge is -2.19. The monoisotopic (exact) mass is 315 g/mol. The van der Waals surface area contributed by atoms with Gasteiger partial charge in [0.05, 0.1) is 12.9 Å². The van der Waals surface area contributed by atoms with Crippen LogP contribution in [0.3, 0.4) is 0 Å². The second-order valence-electron chi connectivity index (χ2n) is 6.75. The summed E-state index contributed by atoms with van der Waals surface area (Å²) in [5.41, 5.74) is 9.24. The first-order chi connectivity index (χ1) is 10.9. The number of hydrogen-bond donors (Lipinski definition) is 2. The molecule has 0 unspecified atom stereocenters. The van der Waals surface area contributed by atoms with E-state index in [4.69, 9.17) is 10.5 Å². The molecule has 1 aromatic heterocycles. The minimum Gasteiger partial charge on any atom is -0.464 e. The number of rotatable bonds is 6. The molecule has 0 saturated heterocycles. The van der Waals surface area contributed by atoms with E-state index in [0.717, 1.165) is 11.3 Å². The van der Waals surface area contributed by atoms with Gasteiger partial charge in [-0.05, 0) is 16.5 Å². The first-order valence-electron chi connectivity index (χ1n) is 7.85. The Morgan fingerprint density at radius 2 is 2.00 bits per heavy atom. The van der Waals surface area contributed by atoms with Gasteiger partial charge in [0.2, 0.25) is 0 Å². The van der Waals surface area contributed by atoms with E-state index in [1.54, 1.807) is 12.5 Å². The van der Waals surface area contributed by atoms with Gasteiger partial charge in [0.15, 0.2) is 0 Å². The third-order valence-electron chi connectivity index (χ3n) is 3.75. The van der Waals surface area contributed by atoms with Crippen LogP contribution in [0.1, 0.15) is 37.6 Å². The van der Waals surface area contributed by atoms with Crippen LogP contribution < -0.4 is 5.73 Å². The second-order valence-corrected chi connectivity index (χ2v) is 6.75. The Bertz CT molecular complexity index is 613. The van der Waals surface area contributed by atoms with Gasteiger partial charge in [0.1, 0.15) is 6.04 Å². The molecule has 1 atom stereocenters. The molecule has 0 bridgehead atoms. The van der Waals surface area contributed by atoms with Gasteiger partial charge in [-0.3, -0.25) is 4.79 Å². The Labute approximate surface area is 137 Å². The maximum absolute atomic E-state index is 11.9. The molecule has 1 aromatic carbocycles. The molecule has 2 aromatic rings. The largest absolute Gasteiger partial charge is 0.464 e. The average molecular weight is 315 g/mol. The quantitative estimate of drug-likeness (QED) is 0.802. The number of aromatic amines is 1. The molecule has 23 heavy (non-hydrogen) atoms. The molecule has 0 amide bonds. The maximum atomic E-state index is 11.9. The van der Waals surface area contributed by atoms with Gasteiger partial charge >= 0.3 is 5.97 Å². The predicted molar refractivity (Wildman–Crippen MR) is 90.1 cm³/mol. The topological polar surface area (TPSA) is 81.0 Å². The van der Waals surface area contributed by atoms with Crippen LogP contribution in [0.4, 0.5) is 0 Å². The van der Waals surface area contributed by atoms with Crippen LogP contribution in [0.2, 0.25) is 0 Å². The highest BCUT2D eigenvalue weighted by Crippen LogP contribution is 2.22. The highest BCUT2D eigenvalue weighted by atomic mass is 16.5. The van der Waals surface area contributed by atoms with Crippen LogP contribution in [0.5, 0.6) is 0 Å². The number of H-pyrrole nitrogens is 1. The van der Waals surface area contributed by atoms with E-state index in [1.807, 2.05) is 0 Å². The number of carbonyl (C=O) groups is 1. The van der Waals surface area contributed by atoms with Crippen molar-refractivity contribution in [1.29, 1.82) is 0 Å². The SMILES string of the molecule is CC(C)(C)c1ccc(CCOC(=O)[C@@H](N)Cc2cnc[nH]2)cc1. The Morgan fingerprint density at radius 1 is 1.30 bits per heavy atom. The fourth-order valence-corrected chi connectivity index (χ4v) is 2.26. The highest BCUT2D eigenvalue weighted by Gasteiger charge is 2.16. The third-order valence-corrected chi connectivity index (χ3v) is 3.75.